The van der Waals surface area contributed by atoms with Crippen molar-refractivity contribution in [3.63, 3.8) is 0 Å². The zero-order valence-corrected chi connectivity index (χ0v) is 98.5. The van der Waals surface area contributed by atoms with E-state index in [1.165, 1.54) is 40.4 Å². The van der Waals surface area contributed by atoms with Crippen molar-refractivity contribution in [2.45, 2.75) is 344 Å². The van der Waals surface area contributed by atoms with Gasteiger partial charge in [0.05, 0.1) is 69.3 Å². The van der Waals surface area contributed by atoms with Crippen molar-refractivity contribution in [2.75, 3.05) is 62.5 Å². The Labute approximate surface area is 903 Å². The van der Waals surface area contributed by atoms with Crippen LogP contribution in [0, 0.1) is 59.2 Å². The highest BCUT2D eigenvalue weighted by Gasteiger charge is 2.41. The summed E-state index contributed by atoms with van der Waals surface area (Å²) < 4.78 is 179. The summed E-state index contributed by atoms with van der Waals surface area (Å²) in [5, 5.41) is 23.6. The number of aryl methyl sites for hydroxylation is 5. The van der Waals surface area contributed by atoms with Gasteiger partial charge in [-0.15, -0.1) is 10.2 Å². The van der Waals surface area contributed by atoms with Crippen LogP contribution < -0.4 is 20.0 Å². The van der Waals surface area contributed by atoms with Crippen molar-refractivity contribution in [1.82, 2.24) is 10.2 Å². The van der Waals surface area contributed by atoms with Gasteiger partial charge in [-0.05, 0) is 405 Å². The minimum absolute atomic E-state index is 0.245. The van der Waals surface area contributed by atoms with Crippen molar-refractivity contribution in [2.24, 2.45) is 59.2 Å². The Hall–Kier alpha value is -7.39. The first kappa shape index (κ1) is 122. The predicted molar refractivity (Wildman–Crippen MR) is 616 cm³/mol. The lowest BCUT2D eigenvalue weighted by Gasteiger charge is -2.39. The van der Waals surface area contributed by atoms with Crippen LogP contribution in [0.1, 0.15) is 310 Å². The molecule has 9 aromatic rings. The molecule has 1 aliphatic heterocycles. The standard InChI is InChI=1S/C30H42ClNO3S.C25H35NO4S2.C22H30O4S.C21H30N2O2S2.C20H33NO4S2/c1-29(2,3)36(34,35)22-25-8-6-23(7-9-25)4-5-24-10-16-28(17-11-24)32-20-18-30(33,19-21-32)26-12-14-27(31)15-13-26;1-25(2,3)31(27,28)19-22-13-11-20(12-14-22)9-10-21-15-17-23(18-16-21)26-32(29,30)24-7-5-4-6-8-24;1-22(2,3)27(24,25)15-18-8-5-16(6-9-18)4-7-17-10-12-20-19(14-17)11-13-21(23)26-20;1-21(2,3)27(24,25)15-17-11-9-16(10-12-17)13-14-19-22-23-20(26-19)18-7-5-4-6-8-18;1-20(2,3)27(24,25)15-18-9-7-16(8-10-18)5-6-17-11-13-19(14-12-17)21-26(4,22)23/h10-17,23,25,33H,4-9,18-22H2,1-3H3;4-8,15-18,20,22,26H,9-14,19H2,1-3H3;10-14,16,18H,4-9,15H2,1-3H3;4-8,16-17H,9-15H2,1-3H3;11-14,16,18,21H,5-10,15H2,1-4H3. The number of hydrogen-bond acceptors (Lipinski definition) is 21. The van der Waals surface area contributed by atoms with E-state index in [1.807, 2.05) is 118 Å². The van der Waals surface area contributed by atoms with E-state index in [4.69, 9.17) is 16.0 Å². The summed E-state index contributed by atoms with van der Waals surface area (Å²) in [6.45, 7) is 28.6. The second kappa shape index (κ2) is 52.9. The second-order valence-corrected chi connectivity index (χ2v) is 67.3. The summed E-state index contributed by atoms with van der Waals surface area (Å²) in [6.07, 6.45) is 34.4. The van der Waals surface area contributed by atoms with E-state index in [1.54, 1.807) is 137 Å². The third kappa shape index (κ3) is 38.0. The molecule has 6 aliphatic rings. The number of halogens is 1. The average Bonchev–Trinajstić information content (AvgIpc) is 0.910. The molecule has 7 aromatic carbocycles. The number of aliphatic hydroxyl groups is 1. The van der Waals surface area contributed by atoms with Crippen LogP contribution in [-0.4, -0.2) is 146 Å². The summed E-state index contributed by atoms with van der Waals surface area (Å²) in [4.78, 5) is 13.9. The van der Waals surface area contributed by atoms with Gasteiger partial charge < -0.3 is 14.4 Å². The third-order valence-corrected chi connectivity index (χ3v) is 49.0. The molecule has 0 unspecified atom stereocenters. The van der Waals surface area contributed by atoms with Gasteiger partial charge in [0, 0.05) is 58.6 Å². The van der Waals surface area contributed by atoms with E-state index in [-0.39, 0.29) is 16.4 Å². The summed E-state index contributed by atoms with van der Waals surface area (Å²) in [6, 6.07) is 59.4. The van der Waals surface area contributed by atoms with E-state index >= 15 is 0 Å². The Bertz CT molecular complexity index is 6630. The molecule has 31 heteroatoms. The van der Waals surface area contributed by atoms with Gasteiger partial charge in [0.25, 0.3) is 10.0 Å². The molecule has 3 heterocycles. The Morgan fingerprint density at radius 2 is 0.685 bits per heavy atom. The molecule has 15 rings (SSSR count). The summed E-state index contributed by atoms with van der Waals surface area (Å²) in [5.74, 6) is 6.53. The van der Waals surface area contributed by atoms with Crippen LogP contribution in [0.4, 0.5) is 17.1 Å². The Morgan fingerprint density at radius 1 is 0.369 bits per heavy atom. The van der Waals surface area contributed by atoms with E-state index in [0.29, 0.717) is 117 Å². The lowest BCUT2D eigenvalue weighted by Crippen LogP contribution is -2.42. The molecule has 0 atom stereocenters. The van der Waals surface area contributed by atoms with E-state index in [2.05, 4.69) is 67.0 Å². The van der Waals surface area contributed by atoms with Crippen LogP contribution in [0.3, 0.4) is 0 Å². The van der Waals surface area contributed by atoms with Gasteiger partial charge in [-0.2, -0.15) is 0 Å². The molecule has 0 amide bonds. The van der Waals surface area contributed by atoms with E-state index < -0.39 is 98.6 Å². The quantitative estimate of drug-likeness (QED) is 0.0322. The van der Waals surface area contributed by atoms with Gasteiger partial charge in [-0.3, -0.25) is 9.44 Å². The van der Waals surface area contributed by atoms with Gasteiger partial charge in [0.2, 0.25) is 10.0 Å². The number of nitrogens with zero attached hydrogens (tertiary/aromatic N) is 3. The highest BCUT2D eigenvalue weighted by molar-refractivity contribution is 7.94. The van der Waals surface area contributed by atoms with Gasteiger partial charge in [-0.25, -0.2) is 63.7 Å². The molecule has 5 saturated carbocycles. The third-order valence-electron chi connectivity index (χ3n) is 31.9. The first-order valence-corrected chi connectivity index (χ1v) is 67.1. The molecular formula is C118H170ClN5O17S8. The number of fused-ring (bicyclic) bond motifs is 1. The monoisotopic (exact) mass is 2220 g/mol. The summed E-state index contributed by atoms with van der Waals surface area (Å²) in [7, 11) is -22.0. The highest BCUT2D eigenvalue weighted by atomic mass is 35.5. The van der Waals surface area contributed by atoms with Crippen molar-refractivity contribution in [3.8, 4) is 10.6 Å². The Morgan fingerprint density at radius 3 is 1.03 bits per heavy atom. The highest BCUT2D eigenvalue weighted by Crippen LogP contribution is 2.43. The number of sulfonamides is 2. The van der Waals surface area contributed by atoms with Crippen LogP contribution >= 0.6 is 22.9 Å². The molecule has 0 bridgehead atoms. The molecule has 6 fully saturated rings. The largest absolute Gasteiger partial charge is 0.423 e. The van der Waals surface area contributed by atoms with Gasteiger partial charge in [-0.1, -0.05) is 190 Å². The van der Waals surface area contributed by atoms with Crippen molar-refractivity contribution in [3.05, 3.63) is 236 Å². The number of hydrogen-bond donors (Lipinski definition) is 3. The molecule has 0 radical (unpaired) electrons. The number of benzene rings is 7. The van der Waals surface area contributed by atoms with Crippen LogP contribution in [-0.2, 0) is 107 Å². The maximum absolute atomic E-state index is 12.5. The minimum Gasteiger partial charge on any atom is -0.423 e. The fourth-order valence-electron chi connectivity index (χ4n) is 20.9. The number of rotatable bonds is 33. The number of anilines is 3. The minimum atomic E-state index is -3.58. The fraction of sp³-hybridized carbons (Fsp3) is 0.602. The topological polar surface area (TPSA) is 342 Å². The van der Waals surface area contributed by atoms with Crippen LogP contribution in [0.25, 0.3) is 21.5 Å². The first-order chi connectivity index (χ1) is 69.6. The SMILES string of the molecule is CC(C)(C)S(=O)(=O)CC1CCC(CCc2ccc(N3CCC(O)(c4ccc(Cl)cc4)CC3)cc2)CC1.CC(C)(C)S(=O)(=O)CC1CCC(CCc2ccc(NS(=O)(=O)c3ccccc3)cc2)CC1.CC(C)(C)S(=O)(=O)CC1CCC(CCc2ccc(NS(C)(=O)=O)cc2)CC1.CC(C)(C)S(=O)(=O)CC1CCC(CCc2ccc3oc(=O)ccc3c2)CC1.CC(C)(C)S(=O)(=O)CC1CCC(CCc2nnc(-c3ccccc3)s2)CC1. The zero-order chi connectivity index (χ0) is 109. The number of aromatic nitrogens is 2. The second-order valence-electron chi connectivity index (χ2n) is 48.5. The van der Waals surface area contributed by atoms with Gasteiger partial charge in [0.15, 0.2) is 49.2 Å². The maximum atomic E-state index is 12.5. The molecule has 5 aliphatic carbocycles. The number of nitrogens with one attached hydrogen (secondary N) is 2. The van der Waals surface area contributed by atoms with Crippen LogP contribution in [0.15, 0.2) is 202 Å². The van der Waals surface area contributed by atoms with Crippen molar-refractivity contribution < 1.29 is 68.4 Å². The van der Waals surface area contributed by atoms with E-state index in [0.717, 1.165) is 232 Å². The van der Waals surface area contributed by atoms with Crippen LogP contribution in [0.5, 0.6) is 0 Å². The molecule has 22 nitrogen and oxygen atoms in total. The predicted octanol–water partition coefficient (Wildman–Crippen LogP) is 26.1. The van der Waals surface area contributed by atoms with E-state index in [9.17, 15) is 68.8 Å². The molecule has 1 saturated heterocycles. The normalized spacial score (nSPS) is 21.6. The lowest BCUT2D eigenvalue weighted by molar-refractivity contribution is 0.0118. The molecule has 0 spiro atoms. The van der Waals surface area contributed by atoms with Crippen LogP contribution in [0.2, 0.25) is 5.02 Å². The molecular weight excluding hydrogens is 2050 g/mol. The Balaban J connectivity index is 0.000000178. The molecule has 3 N–H and O–H groups in total. The molecule has 149 heavy (non-hydrogen) atoms. The average molecular weight is 2220 g/mol. The molecule has 2 aromatic heterocycles. The number of piperidine rings is 1. The Kier molecular flexibility index (Phi) is 43.2. The van der Waals surface area contributed by atoms with Crippen molar-refractivity contribution in [1.29, 1.82) is 0 Å². The zero-order valence-electron chi connectivity index (χ0n) is 91.2. The lowest BCUT2D eigenvalue weighted by atomic mass is 9.80. The fourth-order valence-corrected chi connectivity index (χ4v) is 30.8. The smallest absolute Gasteiger partial charge is 0.336 e. The maximum Gasteiger partial charge on any atom is 0.336 e. The van der Waals surface area contributed by atoms with Gasteiger partial charge in [0.1, 0.15) is 15.6 Å². The summed E-state index contributed by atoms with van der Waals surface area (Å²) in [5.41, 5.74) is 8.98. The van der Waals surface area contributed by atoms with Crippen molar-refractivity contribution >= 4 is 120 Å². The summed E-state index contributed by atoms with van der Waals surface area (Å²) >= 11 is 7.69. The molecule has 824 valence electrons. The number of sulfone groups is 5. The first-order valence-electron chi connectivity index (χ1n) is 54.2. The van der Waals surface area contributed by atoms with Gasteiger partial charge >= 0.3 is 5.63 Å².